The van der Waals surface area contributed by atoms with Crippen molar-refractivity contribution in [1.82, 2.24) is 20.6 Å². The van der Waals surface area contributed by atoms with Crippen LogP contribution in [0.2, 0.25) is 0 Å². The minimum absolute atomic E-state index is 0.214. The largest absolute Gasteiger partial charge is 0.370 e. The Morgan fingerprint density at radius 1 is 1.36 bits per heavy atom. The van der Waals surface area contributed by atoms with E-state index in [-0.39, 0.29) is 11.0 Å². The summed E-state index contributed by atoms with van der Waals surface area (Å²) in [6, 6.07) is 0. The van der Waals surface area contributed by atoms with E-state index in [1.165, 1.54) is 0 Å². The molecule has 1 fully saturated rings. The SMILES string of the molecule is CN/C(=C\[N+](=O)[O-])NCC1(Nc2nc(C(C)(C)C)nc3c2S(=O)CC3)CCC1. The maximum absolute atomic E-state index is 12.6. The van der Waals surface area contributed by atoms with Crippen LogP contribution in [0.3, 0.4) is 0 Å². The molecular formula is C18H28N6O3S. The Morgan fingerprint density at radius 2 is 2.07 bits per heavy atom. The summed E-state index contributed by atoms with van der Waals surface area (Å²) in [5, 5.41) is 20.2. The smallest absolute Gasteiger partial charge is 0.274 e. The Hall–Kier alpha value is -2.23. The van der Waals surface area contributed by atoms with Crippen molar-refractivity contribution < 1.29 is 9.13 Å². The van der Waals surface area contributed by atoms with Crippen LogP contribution in [0.4, 0.5) is 5.82 Å². The van der Waals surface area contributed by atoms with Gasteiger partial charge in [0.2, 0.25) is 0 Å². The number of rotatable bonds is 7. The number of hydrogen-bond acceptors (Lipinski definition) is 8. The number of aromatic nitrogens is 2. The summed E-state index contributed by atoms with van der Waals surface area (Å²) >= 11 is 0. The Kier molecular flexibility index (Phi) is 5.60. The Labute approximate surface area is 167 Å². The van der Waals surface area contributed by atoms with Crippen LogP contribution in [0.15, 0.2) is 16.9 Å². The molecule has 0 saturated heterocycles. The van der Waals surface area contributed by atoms with E-state index in [1.807, 2.05) is 0 Å². The van der Waals surface area contributed by atoms with E-state index in [2.05, 4.69) is 41.7 Å². The average Bonchev–Trinajstić information content (AvgIpc) is 2.96. The van der Waals surface area contributed by atoms with E-state index in [0.29, 0.717) is 35.3 Å². The lowest BCUT2D eigenvalue weighted by atomic mass is 9.76. The lowest BCUT2D eigenvalue weighted by Crippen LogP contribution is -2.53. The second-order valence-corrected chi connectivity index (χ2v) is 9.92. The predicted molar refractivity (Wildman–Crippen MR) is 108 cm³/mol. The monoisotopic (exact) mass is 408 g/mol. The van der Waals surface area contributed by atoms with Gasteiger partial charge in [-0.2, -0.15) is 0 Å². The van der Waals surface area contributed by atoms with Gasteiger partial charge in [0.25, 0.3) is 6.20 Å². The van der Waals surface area contributed by atoms with E-state index in [4.69, 9.17) is 4.98 Å². The minimum atomic E-state index is -1.10. The predicted octanol–water partition coefficient (Wildman–Crippen LogP) is 1.66. The molecule has 0 amide bonds. The Bertz CT molecular complexity index is 829. The summed E-state index contributed by atoms with van der Waals surface area (Å²) in [5.41, 5.74) is 0.373. The van der Waals surface area contributed by atoms with Crippen molar-refractivity contribution in [2.24, 2.45) is 0 Å². The summed E-state index contributed by atoms with van der Waals surface area (Å²) in [7, 11) is 0.538. The molecule has 3 rings (SSSR count). The van der Waals surface area contributed by atoms with Crippen LogP contribution in [-0.4, -0.2) is 44.0 Å². The molecule has 0 aromatic carbocycles. The second kappa shape index (κ2) is 7.65. The lowest BCUT2D eigenvalue weighted by Gasteiger charge is -2.43. The molecule has 3 N–H and O–H groups in total. The molecular weight excluding hydrogens is 380 g/mol. The first-order valence-corrected chi connectivity index (χ1v) is 10.8. The number of aryl methyl sites for hydroxylation is 1. The summed E-state index contributed by atoms with van der Waals surface area (Å²) in [6.45, 7) is 6.69. The van der Waals surface area contributed by atoms with Crippen LogP contribution in [0.25, 0.3) is 0 Å². The maximum atomic E-state index is 12.6. The van der Waals surface area contributed by atoms with Crippen LogP contribution in [-0.2, 0) is 22.6 Å². The van der Waals surface area contributed by atoms with Gasteiger partial charge in [0.05, 0.1) is 27.0 Å². The molecule has 1 unspecified atom stereocenters. The molecule has 1 aromatic rings. The number of nitrogens with zero attached hydrogens (tertiary/aromatic N) is 3. The topological polar surface area (TPSA) is 122 Å². The third-order valence-corrected chi connectivity index (χ3v) is 6.63. The highest BCUT2D eigenvalue weighted by Gasteiger charge is 2.40. The first kappa shape index (κ1) is 20.5. The molecule has 28 heavy (non-hydrogen) atoms. The van der Waals surface area contributed by atoms with Crippen molar-refractivity contribution in [2.45, 2.75) is 62.3 Å². The van der Waals surface area contributed by atoms with Crippen molar-refractivity contribution in [1.29, 1.82) is 0 Å². The van der Waals surface area contributed by atoms with E-state index in [1.54, 1.807) is 7.05 Å². The van der Waals surface area contributed by atoms with Crippen LogP contribution >= 0.6 is 0 Å². The lowest BCUT2D eigenvalue weighted by molar-refractivity contribution is -0.404. The van der Waals surface area contributed by atoms with Gasteiger partial charge in [0, 0.05) is 31.2 Å². The molecule has 1 aromatic heterocycles. The minimum Gasteiger partial charge on any atom is -0.370 e. The normalized spacial score (nSPS) is 20.9. The third kappa shape index (κ3) is 4.26. The van der Waals surface area contributed by atoms with Crippen molar-refractivity contribution in [3.63, 3.8) is 0 Å². The van der Waals surface area contributed by atoms with Crippen molar-refractivity contribution in [3.05, 3.63) is 33.7 Å². The Balaban J connectivity index is 1.88. The molecule has 1 saturated carbocycles. The van der Waals surface area contributed by atoms with Crippen LogP contribution < -0.4 is 16.0 Å². The first-order valence-electron chi connectivity index (χ1n) is 9.48. The Morgan fingerprint density at radius 3 is 2.61 bits per heavy atom. The fourth-order valence-corrected chi connectivity index (χ4v) is 4.69. The summed E-state index contributed by atoms with van der Waals surface area (Å²) in [5.74, 6) is 2.31. The molecule has 10 heteroatoms. The van der Waals surface area contributed by atoms with Gasteiger partial charge >= 0.3 is 0 Å². The van der Waals surface area contributed by atoms with E-state index in [0.717, 1.165) is 37.0 Å². The van der Waals surface area contributed by atoms with Crippen molar-refractivity contribution in [2.75, 3.05) is 24.7 Å². The number of hydrogen-bond donors (Lipinski definition) is 3. The molecule has 9 nitrogen and oxygen atoms in total. The fourth-order valence-electron chi connectivity index (χ4n) is 3.39. The van der Waals surface area contributed by atoms with Crippen molar-refractivity contribution >= 4 is 16.6 Å². The summed E-state index contributed by atoms with van der Waals surface area (Å²) < 4.78 is 12.6. The quantitative estimate of drug-likeness (QED) is 0.460. The summed E-state index contributed by atoms with van der Waals surface area (Å²) in [4.78, 5) is 20.4. The number of nitro groups is 1. The molecule has 0 bridgehead atoms. The summed E-state index contributed by atoms with van der Waals surface area (Å²) in [6.07, 6.45) is 4.49. The maximum Gasteiger partial charge on any atom is 0.274 e. The molecule has 1 aliphatic heterocycles. The second-order valence-electron chi connectivity index (χ2n) is 8.41. The standard InChI is InChI=1S/C18H28N6O3S/c1-17(2,3)16-21-12-6-9-28(27)14(12)15(22-16)23-18(7-5-8-18)11-20-13(19-4)10-24(25)26/h10,19-20H,5-9,11H2,1-4H3,(H,21,22,23)/b13-10+. The zero-order valence-electron chi connectivity index (χ0n) is 16.8. The molecule has 0 spiro atoms. The number of nitrogens with one attached hydrogen (secondary N) is 3. The molecule has 1 aliphatic carbocycles. The highest BCUT2D eigenvalue weighted by atomic mass is 32.2. The number of anilines is 1. The van der Waals surface area contributed by atoms with Crippen LogP contribution in [0.5, 0.6) is 0 Å². The zero-order chi connectivity index (χ0) is 20.5. The van der Waals surface area contributed by atoms with Gasteiger partial charge in [-0.1, -0.05) is 20.8 Å². The molecule has 1 atom stereocenters. The molecule has 154 valence electrons. The zero-order valence-corrected chi connectivity index (χ0v) is 17.6. The van der Waals surface area contributed by atoms with Gasteiger partial charge in [-0.15, -0.1) is 0 Å². The van der Waals surface area contributed by atoms with Gasteiger partial charge in [-0.05, 0) is 19.3 Å². The van der Waals surface area contributed by atoms with Gasteiger partial charge in [0.15, 0.2) is 5.82 Å². The number of fused-ring (bicyclic) bond motifs is 1. The van der Waals surface area contributed by atoms with Gasteiger partial charge in [-0.3, -0.25) is 14.3 Å². The van der Waals surface area contributed by atoms with E-state index >= 15 is 0 Å². The van der Waals surface area contributed by atoms with Crippen molar-refractivity contribution in [3.8, 4) is 0 Å². The first-order chi connectivity index (χ1) is 13.1. The van der Waals surface area contributed by atoms with E-state index < -0.39 is 15.7 Å². The molecule has 0 radical (unpaired) electrons. The fraction of sp³-hybridized carbons (Fsp3) is 0.667. The highest BCUT2D eigenvalue weighted by Crippen LogP contribution is 2.38. The highest BCUT2D eigenvalue weighted by molar-refractivity contribution is 7.85. The average molecular weight is 409 g/mol. The van der Waals surface area contributed by atoms with Gasteiger partial charge < -0.3 is 16.0 Å². The van der Waals surface area contributed by atoms with Gasteiger partial charge in [0.1, 0.15) is 16.5 Å². The van der Waals surface area contributed by atoms with Crippen LogP contribution in [0, 0.1) is 10.1 Å². The molecule has 2 aliphatic rings. The third-order valence-electron chi connectivity index (χ3n) is 5.17. The van der Waals surface area contributed by atoms with E-state index in [9.17, 15) is 14.3 Å². The molecule has 2 heterocycles. The van der Waals surface area contributed by atoms with Crippen LogP contribution in [0.1, 0.15) is 51.6 Å². The van der Waals surface area contributed by atoms with Gasteiger partial charge in [-0.25, -0.2) is 9.97 Å².